The van der Waals surface area contributed by atoms with E-state index in [-0.39, 0.29) is 49.8 Å². The number of benzene rings is 2. The molecule has 19 heteroatoms. The number of carbonyl (C=O) groups excluding carboxylic acids is 9. The lowest BCUT2D eigenvalue weighted by molar-refractivity contribution is -0.135. The Bertz CT molecular complexity index is 2210. The minimum atomic E-state index is -1.19. The number of nitrogens with two attached hydrogens (primary N) is 1. The summed E-state index contributed by atoms with van der Waals surface area (Å²) in [5.74, 6) is -6.09. The number of aromatic nitrogens is 1. The summed E-state index contributed by atoms with van der Waals surface area (Å²) < 4.78 is 0. The normalized spacial score (nSPS) is 16.3. The van der Waals surface area contributed by atoms with Gasteiger partial charge in [0.25, 0.3) is 0 Å². The Hall–Kier alpha value is -6.79. The predicted octanol–water partition coefficient (Wildman–Crippen LogP) is 0.510. The predicted molar refractivity (Wildman–Crippen MR) is 247 cm³/mol. The summed E-state index contributed by atoms with van der Waals surface area (Å²) in [6, 6.07) is 8.84. The van der Waals surface area contributed by atoms with Crippen molar-refractivity contribution in [2.45, 2.75) is 129 Å². The van der Waals surface area contributed by atoms with Crippen LogP contribution in [0.25, 0.3) is 10.9 Å². The lowest BCUT2D eigenvalue weighted by Gasteiger charge is -2.27. The third kappa shape index (κ3) is 15.7. The van der Waals surface area contributed by atoms with Gasteiger partial charge < -0.3 is 53.3 Å². The Labute approximate surface area is 385 Å². The maximum Gasteiger partial charge on any atom is 0.243 e. The van der Waals surface area contributed by atoms with Crippen molar-refractivity contribution in [2.24, 2.45) is 23.5 Å². The van der Waals surface area contributed by atoms with E-state index in [1.165, 1.54) is 6.92 Å². The summed E-state index contributed by atoms with van der Waals surface area (Å²) in [5, 5.41) is 22.1. The molecule has 358 valence electrons. The van der Waals surface area contributed by atoms with Gasteiger partial charge in [-0.15, -0.1) is 0 Å². The first kappa shape index (κ1) is 51.8. The molecule has 0 bridgehead atoms. The highest BCUT2D eigenvalue weighted by Gasteiger charge is 2.34. The number of hydrogen-bond acceptors (Lipinski definition) is 9. The van der Waals surface area contributed by atoms with Crippen molar-refractivity contribution in [1.82, 2.24) is 47.5 Å². The van der Waals surface area contributed by atoms with Gasteiger partial charge in [-0.3, -0.25) is 43.2 Å². The Morgan fingerprint density at radius 3 is 1.86 bits per heavy atom. The number of hydrogen-bond donors (Lipinski definition) is 10. The molecular weight excluding hydrogens is 849 g/mol. The van der Waals surface area contributed by atoms with Gasteiger partial charge in [-0.2, -0.15) is 0 Å². The van der Waals surface area contributed by atoms with E-state index in [9.17, 15) is 43.2 Å². The van der Waals surface area contributed by atoms with Crippen LogP contribution in [0.4, 0.5) is 0 Å². The van der Waals surface area contributed by atoms with Gasteiger partial charge in [0.05, 0.1) is 6.54 Å². The highest BCUT2D eigenvalue weighted by atomic mass is 16.2. The Morgan fingerprint density at radius 2 is 1.24 bits per heavy atom. The van der Waals surface area contributed by atoms with E-state index in [0.29, 0.717) is 12.0 Å². The standard InChI is InChI=1S/C47H66N10O9/c1-25(2)19-34(41(48)60)54-45(64)35(20-26(3)4)55-46(65)36(21-29-13-9-8-10-14-29)53-39(59)24-50-47(66)40(27(5)6)57-42(61)28(7)51-44(63)37(56-43(62)33-17-18-38(58)52-33)22-30-23-49-32-16-12-11-15-31(30)32/h8-16,23,25-28,33-37,40,49H,17-22,24H2,1-7H3,(H2,48,60)(H,50,66)(H,51,63)(H,52,58)(H,53,59)(H,54,64)(H,55,65)(H,56,62)(H,57,61)/t28-,33-,34-,35-,36+,37-,40-/m0/s1. The maximum atomic E-state index is 13.9. The molecule has 2 heterocycles. The lowest BCUT2D eigenvalue weighted by atomic mass is 9.99. The fraction of sp³-hybridized carbons (Fsp3) is 0.511. The quantitative estimate of drug-likeness (QED) is 0.0599. The number of primary amides is 1. The number of rotatable bonds is 24. The zero-order valence-corrected chi connectivity index (χ0v) is 38.7. The largest absolute Gasteiger partial charge is 0.368 e. The van der Waals surface area contributed by atoms with E-state index in [1.54, 1.807) is 50.4 Å². The molecule has 66 heavy (non-hydrogen) atoms. The highest BCUT2D eigenvalue weighted by molar-refractivity contribution is 5.98. The summed E-state index contributed by atoms with van der Waals surface area (Å²) in [5.41, 5.74) is 7.83. The molecule has 0 spiro atoms. The number of para-hydroxylation sites is 1. The SMILES string of the molecule is CC(C)C[C@H](NC(=O)[C@H](CC(C)C)NC(=O)[C@@H](Cc1ccccc1)NC(=O)CNC(=O)[C@@H](NC(=O)[C@H](C)NC(=O)[C@H](Cc1c[nH]c2ccccc12)NC(=O)[C@@H]1CCC(=O)N1)C(C)C)C(N)=O. The van der Waals surface area contributed by atoms with Crippen LogP contribution in [0.15, 0.2) is 60.8 Å². The number of amides is 9. The first-order valence-corrected chi connectivity index (χ1v) is 22.5. The first-order valence-electron chi connectivity index (χ1n) is 22.5. The Balaban J connectivity index is 1.40. The summed E-state index contributed by atoms with van der Waals surface area (Å²) >= 11 is 0. The molecule has 9 amide bonds. The fourth-order valence-corrected chi connectivity index (χ4v) is 7.55. The Morgan fingerprint density at radius 1 is 0.652 bits per heavy atom. The van der Waals surface area contributed by atoms with E-state index < -0.39 is 102 Å². The topological polar surface area (TPSA) is 292 Å². The summed E-state index contributed by atoms with van der Waals surface area (Å²) in [4.78, 5) is 122. The van der Waals surface area contributed by atoms with Crippen LogP contribution in [-0.2, 0) is 56.0 Å². The molecule has 0 radical (unpaired) electrons. The smallest absolute Gasteiger partial charge is 0.243 e. The molecule has 1 aromatic heterocycles. The minimum Gasteiger partial charge on any atom is -0.368 e. The van der Waals surface area contributed by atoms with Crippen LogP contribution >= 0.6 is 0 Å². The van der Waals surface area contributed by atoms with Crippen LogP contribution in [0.2, 0.25) is 0 Å². The molecule has 0 unspecified atom stereocenters. The van der Waals surface area contributed by atoms with Crippen molar-refractivity contribution >= 4 is 64.1 Å². The molecule has 0 aliphatic carbocycles. The van der Waals surface area contributed by atoms with Crippen molar-refractivity contribution in [3.63, 3.8) is 0 Å². The second-order valence-electron chi connectivity index (χ2n) is 18.1. The van der Waals surface area contributed by atoms with E-state index in [0.717, 1.165) is 16.5 Å². The molecule has 4 rings (SSSR count). The molecular formula is C47H66N10O9. The van der Waals surface area contributed by atoms with Crippen LogP contribution in [-0.4, -0.2) is 107 Å². The zero-order chi connectivity index (χ0) is 48.7. The minimum absolute atomic E-state index is 0.0391. The molecule has 1 saturated heterocycles. The van der Waals surface area contributed by atoms with Gasteiger partial charge in [0.15, 0.2) is 0 Å². The number of carbonyl (C=O) groups is 9. The van der Waals surface area contributed by atoms with Crippen molar-refractivity contribution in [3.05, 3.63) is 71.9 Å². The lowest BCUT2D eigenvalue weighted by Crippen LogP contribution is -2.59. The van der Waals surface area contributed by atoms with Gasteiger partial charge in [0, 0.05) is 36.4 Å². The van der Waals surface area contributed by atoms with Crippen LogP contribution in [0.1, 0.15) is 85.3 Å². The van der Waals surface area contributed by atoms with Crippen molar-refractivity contribution in [2.75, 3.05) is 6.54 Å². The molecule has 11 N–H and O–H groups in total. The molecule has 1 fully saturated rings. The molecule has 19 nitrogen and oxygen atoms in total. The van der Waals surface area contributed by atoms with Gasteiger partial charge in [0.2, 0.25) is 53.2 Å². The van der Waals surface area contributed by atoms with E-state index in [1.807, 2.05) is 52.0 Å². The monoisotopic (exact) mass is 915 g/mol. The highest BCUT2D eigenvalue weighted by Crippen LogP contribution is 2.20. The summed E-state index contributed by atoms with van der Waals surface area (Å²) in [6.07, 6.45) is 2.81. The van der Waals surface area contributed by atoms with Gasteiger partial charge in [-0.05, 0) is 61.1 Å². The Kier molecular flexibility index (Phi) is 19.2. The molecule has 7 atom stereocenters. The van der Waals surface area contributed by atoms with Crippen LogP contribution in [0, 0.1) is 17.8 Å². The van der Waals surface area contributed by atoms with Gasteiger partial charge in [0.1, 0.15) is 42.3 Å². The molecule has 2 aromatic carbocycles. The fourth-order valence-electron chi connectivity index (χ4n) is 7.55. The molecule has 1 aliphatic heterocycles. The van der Waals surface area contributed by atoms with Crippen molar-refractivity contribution < 1.29 is 43.2 Å². The molecule has 1 aliphatic rings. The maximum absolute atomic E-state index is 13.9. The van der Waals surface area contributed by atoms with E-state index >= 15 is 0 Å². The summed E-state index contributed by atoms with van der Waals surface area (Å²) in [7, 11) is 0. The van der Waals surface area contributed by atoms with Crippen LogP contribution < -0.4 is 48.3 Å². The number of nitrogens with one attached hydrogen (secondary N) is 9. The van der Waals surface area contributed by atoms with Crippen LogP contribution in [0.3, 0.4) is 0 Å². The zero-order valence-electron chi connectivity index (χ0n) is 38.7. The van der Waals surface area contributed by atoms with Crippen LogP contribution in [0.5, 0.6) is 0 Å². The average Bonchev–Trinajstić information content (AvgIpc) is 3.89. The number of fused-ring (bicyclic) bond motifs is 1. The van der Waals surface area contributed by atoms with E-state index in [4.69, 9.17) is 5.73 Å². The second kappa shape index (κ2) is 24.5. The third-order valence-electron chi connectivity index (χ3n) is 11.1. The van der Waals surface area contributed by atoms with Gasteiger partial charge >= 0.3 is 0 Å². The van der Waals surface area contributed by atoms with Gasteiger partial charge in [-0.1, -0.05) is 90.1 Å². The molecule has 0 saturated carbocycles. The van der Waals surface area contributed by atoms with Crippen molar-refractivity contribution in [3.8, 4) is 0 Å². The second-order valence-corrected chi connectivity index (χ2v) is 18.1. The third-order valence-corrected chi connectivity index (χ3v) is 11.1. The van der Waals surface area contributed by atoms with Gasteiger partial charge in [-0.25, -0.2) is 0 Å². The molecule has 3 aromatic rings. The first-order chi connectivity index (χ1) is 31.2. The van der Waals surface area contributed by atoms with Crippen molar-refractivity contribution in [1.29, 1.82) is 0 Å². The van der Waals surface area contributed by atoms with E-state index in [2.05, 4.69) is 47.5 Å². The number of H-pyrrole nitrogens is 1. The number of aromatic amines is 1. The average molecular weight is 915 g/mol. The summed E-state index contributed by atoms with van der Waals surface area (Å²) in [6.45, 7) is 11.7.